The maximum absolute atomic E-state index is 11.9. The molecule has 0 aliphatic heterocycles. The number of anilines is 1. The van der Waals surface area contributed by atoms with E-state index in [1.807, 2.05) is 0 Å². The van der Waals surface area contributed by atoms with Gasteiger partial charge < -0.3 is 10.3 Å². The predicted molar refractivity (Wildman–Crippen MR) is 74.2 cm³/mol. The van der Waals surface area contributed by atoms with Gasteiger partial charge >= 0.3 is 0 Å². The lowest BCUT2D eigenvalue weighted by molar-refractivity contribution is 0.102. The highest BCUT2D eigenvalue weighted by Crippen LogP contribution is 2.30. The Bertz CT molecular complexity index is 655. The Kier molecular flexibility index (Phi) is 3.84. The van der Waals surface area contributed by atoms with Gasteiger partial charge in [0.25, 0.3) is 5.91 Å². The van der Waals surface area contributed by atoms with Gasteiger partial charge in [0.15, 0.2) is 5.43 Å². The smallest absolute Gasteiger partial charge is 0.261 e. The quantitative estimate of drug-likeness (QED) is 0.890. The number of amides is 1. The molecule has 0 aliphatic carbocycles. The van der Waals surface area contributed by atoms with Crippen LogP contribution in [0.15, 0.2) is 45.9 Å². The summed E-state index contributed by atoms with van der Waals surface area (Å²) < 4.78 is 0.576. The van der Waals surface area contributed by atoms with E-state index in [4.69, 9.17) is 11.6 Å². The Balaban J connectivity index is 2.30. The van der Waals surface area contributed by atoms with Gasteiger partial charge in [-0.05, 0) is 28.1 Å². The summed E-state index contributed by atoms with van der Waals surface area (Å²) in [6.07, 6.45) is 2.82. The maximum Gasteiger partial charge on any atom is 0.261 e. The first-order valence-electron chi connectivity index (χ1n) is 5.02. The fraction of sp³-hybridized carbons (Fsp3) is 0. The summed E-state index contributed by atoms with van der Waals surface area (Å²) in [5.74, 6) is -0.486. The molecule has 18 heavy (non-hydrogen) atoms. The van der Waals surface area contributed by atoms with Crippen LogP contribution in [0.5, 0.6) is 0 Å². The number of carbonyl (C=O) groups excluding carboxylic acids is 1. The number of pyridine rings is 1. The Morgan fingerprint density at radius 1 is 1.33 bits per heavy atom. The molecule has 1 heterocycles. The summed E-state index contributed by atoms with van der Waals surface area (Å²) in [4.78, 5) is 26.1. The minimum Gasteiger partial charge on any atom is -0.367 e. The van der Waals surface area contributed by atoms with Crippen molar-refractivity contribution in [2.45, 2.75) is 0 Å². The number of aromatic nitrogens is 1. The second kappa shape index (κ2) is 5.37. The monoisotopic (exact) mass is 326 g/mol. The number of halogens is 2. The van der Waals surface area contributed by atoms with Crippen LogP contribution in [-0.4, -0.2) is 10.9 Å². The van der Waals surface area contributed by atoms with Crippen LogP contribution in [0.3, 0.4) is 0 Å². The lowest BCUT2D eigenvalue weighted by atomic mass is 10.2. The molecule has 4 nitrogen and oxygen atoms in total. The van der Waals surface area contributed by atoms with Gasteiger partial charge in [0.2, 0.25) is 0 Å². The van der Waals surface area contributed by atoms with Gasteiger partial charge in [-0.15, -0.1) is 0 Å². The molecular formula is C12H8BrClN2O2. The third kappa shape index (κ3) is 2.63. The van der Waals surface area contributed by atoms with Crippen molar-refractivity contribution in [3.63, 3.8) is 0 Å². The molecule has 1 amide bonds. The SMILES string of the molecule is O=C(Nc1cccc(Cl)c1Br)c1c[nH]ccc1=O. The predicted octanol–water partition coefficient (Wildman–Crippen LogP) is 3.04. The van der Waals surface area contributed by atoms with E-state index in [2.05, 4.69) is 26.2 Å². The van der Waals surface area contributed by atoms with Crippen LogP contribution in [-0.2, 0) is 0 Å². The van der Waals surface area contributed by atoms with Crippen molar-refractivity contribution in [3.8, 4) is 0 Å². The fourth-order valence-corrected chi connectivity index (χ4v) is 1.92. The van der Waals surface area contributed by atoms with Crippen LogP contribution in [0.1, 0.15) is 10.4 Å². The first kappa shape index (κ1) is 12.9. The summed E-state index contributed by atoms with van der Waals surface area (Å²) in [7, 11) is 0. The van der Waals surface area contributed by atoms with Crippen LogP contribution in [0, 0.1) is 0 Å². The molecule has 6 heteroatoms. The van der Waals surface area contributed by atoms with Gasteiger partial charge in [-0.3, -0.25) is 9.59 Å². The highest BCUT2D eigenvalue weighted by atomic mass is 79.9. The van der Waals surface area contributed by atoms with Crippen LogP contribution < -0.4 is 10.7 Å². The maximum atomic E-state index is 11.9. The third-order valence-corrected chi connectivity index (χ3v) is 3.67. The highest BCUT2D eigenvalue weighted by molar-refractivity contribution is 9.10. The van der Waals surface area contributed by atoms with E-state index in [9.17, 15) is 9.59 Å². The highest BCUT2D eigenvalue weighted by Gasteiger charge is 2.12. The van der Waals surface area contributed by atoms with Crippen LogP contribution in [0.25, 0.3) is 0 Å². The molecule has 0 spiro atoms. The fourth-order valence-electron chi connectivity index (χ4n) is 1.38. The molecule has 2 rings (SSSR count). The molecular weight excluding hydrogens is 320 g/mol. The molecule has 0 aliphatic rings. The average Bonchev–Trinajstić information content (AvgIpc) is 2.35. The first-order chi connectivity index (χ1) is 8.59. The average molecular weight is 328 g/mol. The van der Waals surface area contributed by atoms with E-state index in [0.717, 1.165) is 0 Å². The van der Waals surface area contributed by atoms with Crippen molar-refractivity contribution in [2.75, 3.05) is 5.32 Å². The van der Waals surface area contributed by atoms with Crippen molar-refractivity contribution in [1.82, 2.24) is 4.98 Å². The summed E-state index contributed by atoms with van der Waals surface area (Å²) in [6, 6.07) is 6.38. The van der Waals surface area contributed by atoms with Crippen molar-refractivity contribution in [1.29, 1.82) is 0 Å². The van der Waals surface area contributed by atoms with Crippen LogP contribution in [0.4, 0.5) is 5.69 Å². The molecule has 2 N–H and O–H groups in total. The number of hydrogen-bond acceptors (Lipinski definition) is 2. The molecule has 1 aromatic heterocycles. The number of nitrogens with one attached hydrogen (secondary N) is 2. The lowest BCUT2D eigenvalue weighted by Crippen LogP contribution is -2.21. The van der Waals surface area contributed by atoms with Gasteiger partial charge in [-0.25, -0.2) is 0 Å². The summed E-state index contributed by atoms with van der Waals surface area (Å²) in [5.41, 5.74) is 0.213. The number of carbonyl (C=O) groups is 1. The van der Waals surface area contributed by atoms with Gasteiger partial charge in [0, 0.05) is 18.5 Å². The van der Waals surface area contributed by atoms with E-state index in [1.165, 1.54) is 18.5 Å². The minimum absolute atomic E-state index is 0.0457. The number of benzene rings is 1. The molecule has 1 aromatic carbocycles. The number of aromatic amines is 1. The molecule has 0 unspecified atom stereocenters. The van der Waals surface area contributed by atoms with E-state index in [1.54, 1.807) is 18.2 Å². The number of hydrogen-bond donors (Lipinski definition) is 2. The van der Waals surface area contributed by atoms with E-state index in [-0.39, 0.29) is 11.0 Å². The topological polar surface area (TPSA) is 62.0 Å². The van der Waals surface area contributed by atoms with Crippen molar-refractivity contribution in [3.05, 3.63) is 61.9 Å². The van der Waals surface area contributed by atoms with Crippen LogP contribution in [0.2, 0.25) is 5.02 Å². The van der Waals surface area contributed by atoms with Gasteiger partial charge in [-0.1, -0.05) is 17.7 Å². The van der Waals surface area contributed by atoms with E-state index >= 15 is 0 Å². The molecule has 0 fully saturated rings. The zero-order valence-electron chi connectivity index (χ0n) is 9.04. The molecule has 2 aromatic rings. The molecule has 0 saturated heterocycles. The standard InChI is InChI=1S/C12H8BrClN2O2/c13-11-8(14)2-1-3-9(11)16-12(18)7-6-15-5-4-10(7)17/h1-6H,(H,15,17)(H,16,18). The van der Waals surface area contributed by atoms with Gasteiger partial charge in [0.1, 0.15) is 5.56 Å². The Hall–Kier alpha value is -1.59. The summed E-state index contributed by atoms with van der Waals surface area (Å²) in [6.45, 7) is 0. The Morgan fingerprint density at radius 2 is 2.11 bits per heavy atom. The molecule has 92 valence electrons. The lowest BCUT2D eigenvalue weighted by Gasteiger charge is -2.07. The minimum atomic E-state index is -0.486. The van der Waals surface area contributed by atoms with Crippen molar-refractivity contribution < 1.29 is 4.79 Å². The zero-order chi connectivity index (χ0) is 13.1. The second-order valence-electron chi connectivity index (χ2n) is 3.48. The van der Waals surface area contributed by atoms with Crippen LogP contribution >= 0.6 is 27.5 Å². The van der Waals surface area contributed by atoms with E-state index < -0.39 is 5.91 Å². The second-order valence-corrected chi connectivity index (χ2v) is 4.68. The number of H-pyrrole nitrogens is 1. The summed E-state index contributed by atoms with van der Waals surface area (Å²) in [5, 5.41) is 3.10. The zero-order valence-corrected chi connectivity index (χ0v) is 11.4. The third-order valence-electron chi connectivity index (χ3n) is 2.27. The molecule has 0 bridgehead atoms. The molecule has 0 atom stereocenters. The van der Waals surface area contributed by atoms with Gasteiger partial charge in [-0.2, -0.15) is 0 Å². The molecule has 0 radical (unpaired) electrons. The van der Waals surface area contributed by atoms with Crippen molar-refractivity contribution in [2.24, 2.45) is 0 Å². The van der Waals surface area contributed by atoms with Gasteiger partial charge in [0.05, 0.1) is 15.2 Å². The molecule has 0 saturated carbocycles. The van der Waals surface area contributed by atoms with Crippen molar-refractivity contribution >= 4 is 39.1 Å². The number of rotatable bonds is 2. The first-order valence-corrected chi connectivity index (χ1v) is 6.19. The van der Waals surface area contributed by atoms with E-state index in [0.29, 0.717) is 15.2 Å². The summed E-state index contributed by atoms with van der Waals surface area (Å²) >= 11 is 9.18. The largest absolute Gasteiger partial charge is 0.367 e. The normalized spacial score (nSPS) is 10.1. The Morgan fingerprint density at radius 3 is 2.83 bits per heavy atom. The Labute approximate surface area is 116 Å².